The van der Waals surface area contributed by atoms with Gasteiger partial charge >= 0.3 is 0 Å². The highest BCUT2D eigenvalue weighted by Gasteiger charge is 2.22. The lowest BCUT2D eigenvalue weighted by molar-refractivity contribution is -0.00521. The minimum absolute atomic E-state index is 0.137. The van der Waals surface area contributed by atoms with Crippen LogP contribution in [0.1, 0.15) is 13.8 Å². The summed E-state index contributed by atoms with van der Waals surface area (Å²) in [6.45, 7) is 5.84. The normalized spacial score (nSPS) is 25.8. The van der Waals surface area contributed by atoms with Gasteiger partial charge < -0.3 is 20.5 Å². The van der Waals surface area contributed by atoms with Crippen molar-refractivity contribution in [3.63, 3.8) is 0 Å². The van der Waals surface area contributed by atoms with Crippen molar-refractivity contribution in [3.05, 3.63) is 18.2 Å². The second-order valence-corrected chi connectivity index (χ2v) is 4.41. The molecule has 4 heteroatoms. The molecule has 1 aliphatic rings. The number of morpholine rings is 1. The van der Waals surface area contributed by atoms with Crippen molar-refractivity contribution in [2.75, 3.05) is 23.7 Å². The maximum atomic E-state index is 9.38. The number of anilines is 2. The van der Waals surface area contributed by atoms with Crippen LogP contribution in [-0.2, 0) is 4.74 Å². The van der Waals surface area contributed by atoms with E-state index in [0.29, 0.717) is 5.69 Å². The van der Waals surface area contributed by atoms with E-state index < -0.39 is 0 Å². The lowest BCUT2D eigenvalue weighted by Gasteiger charge is -2.37. The van der Waals surface area contributed by atoms with Gasteiger partial charge in [0, 0.05) is 18.8 Å². The molecule has 3 N–H and O–H groups in total. The van der Waals surface area contributed by atoms with Crippen molar-refractivity contribution >= 4 is 11.4 Å². The van der Waals surface area contributed by atoms with Gasteiger partial charge in [-0.1, -0.05) is 0 Å². The van der Waals surface area contributed by atoms with Gasteiger partial charge in [0.2, 0.25) is 0 Å². The molecule has 0 aliphatic carbocycles. The molecule has 0 aromatic heterocycles. The third-order valence-corrected chi connectivity index (χ3v) is 2.80. The Morgan fingerprint density at radius 1 is 1.31 bits per heavy atom. The first-order valence-corrected chi connectivity index (χ1v) is 5.55. The summed E-state index contributed by atoms with van der Waals surface area (Å²) in [7, 11) is 0. The lowest BCUT2D eigenvalue weighted by atomic mass is 10.2. The van der Waals surface area contributed by atoms with Gasteiger partial charge in [0.15, 0.2) is 0 Å². The van der Waals surface area contributed by atoms with Gasteiger partial charge in [-0.15, -0.1) is 0 Å². The Bertz CT molecular complexity index is 371. The van der Waals surface area contributed by atoms with Crippen LogP contribution >= 0.6 is 0 Å². The standard InChI is InChI=1S/C12H18N2O2/c1-8-6-14(7-9(2)16-8)10-3-4-12(15)11(13)5-10/h3-5,8-9,15H,6-7,13H2,1-2H3. The smallest absolute Gasteiger partial charge is 0.138 e. The van der Waals surface area contributed by atoms with Crippen LogP contribution in [0.25, 0.3) is 0 Å². The summed E-state index contributed by atoms with van der Waals surface area (Å²) in [5.41, 5.74) is 7.15. The summed E-state index contributed by atoms with van der Waals surface area (Å²) in [6.07, 6.45) is 0.442. The fourth-order valence-corrected chi connectivity index (χ4v) is 2.13. The molecule has 1 fully saturated rings. The van der Waals surface area contributed by atoms with Gasteiger partial charge in [-0.2, -0.15) is 0 Å². The number of phenolic OH excluding ortho intramolecular Hbond substituents is 1. The lowest BCUT2D eigenvalue weighted by Crippen LogP contribution is -2.45. The van der Waals surface area contributed by atoms with E-state index in [1.54, 1.807) is 12.1 Å². The second-order valence-electron chi connectivity index (χ2n) is 4.41. The molecule has 16 heavy (non-hydrogen) atoms. The highest BCUT2D eigenvalue weighted by atomic mass is 16.5. The average Bonchev–Trinajstić information content (AvgIpc) is 2.20. The van der Waals surface area contributed by atoms with Crippen LogP contribution < -0.4 is 10.6 Å². The summed E-state index contributed by atoms with van der Waals surface area (Å²) in [6, 6.07) is 5.33. The highest BCUT2D eigenvalue weighted by molar-refractivity contribution is 5.62. The maximum Gasteiger partial charge on any atom is 0.138 e. The first-order valence-electron chi connectivity index (χ1n) is 5.55. The molecule has 4 nitrogen and oxygen atoms in total. The zero-order valence-corrected chi connectivity index (χ0v) is 9.68. The minimum Gasteiger partial charge on any atom is -0.506 e. The zero-order chi connectivity index (χ0) is 11.7. The minimum atomic E-state index is 0.137. The molecule has 0 bridgehead atoms. The molecule has 0 spiro atoms. The monoisotopic (exact) mass is 222 g/mol. The fourth-order valence-electron chi connectivity index (χ4n) is 2.13. The van der Waals surface area contributed by atoms with Crippen molar-refractivity contribution in [2.45, 2.75) is 26.1 Å². The van der Waals surface area contributed by atoms with E-state index in [1.165, 1.54) is 0 Å². The van der Waals surface area contributed by atoms with E-state index in [-0.39, 0.29) is 18.0 Å². The number of hydrogen-bond acceptors (Lipinski definition) is 4. The third kappa shape index (κ3) is 2.22. The quantitative estimate of drug-likeness (QED) is 0.559. The molecule has 1 heterocycles. The van der Waals surface area contributed by atoms with Gasteiger partial charge in [-0.3, -0.25) is 0 Å². The number of ether oxygens (including phenoxy) is 1. The van der Waals surface area contributed by atoms with Crippen molar-refractivity contribution in [3.8, 4) is 5.75 Å². The molecule has 1 aliphatic heterocycles. The number of nitrogens with two attached hydrogens (primary N) is 1. The summed E-state index contributed by atoms with van der Waals surface area (Å²) >= 11 is 0. The van der Waals surface area contributed by atoms with Crippen molar-refractivity contribution < 1.29 is 9.84 Å². The highest BCUT2D eigenvalue weighted by Crippen LogP contribution is 2.27. The Morgan fingerprint density at radius 2 is 1.94 bits per heavy atom. The predicted molar refractivity (Wildman–Crippen MR) is 64.7 cm³/mol. The number of rotatable bonds is 1. The number of aromatic hydroxyl groups is 1. The Morgan fingerprint density at radius 3 is 2.50 bits per heavy atom. The van der Waals surface area contributed by atoms with Crippen LogP contribution in [0.15, 0.2) is 18.2 Å². The van der Waals surface area contributed by atoms with E-state index in [1.807, 2.05) is 6.07 Å². The van der Waals surface area contributed by atoms with Crippen LogP contribution in [0.5, 0.6) is 5.75 Å². The number of benzene rings is 1. The van der Waals surface area contributed by atoms with Crippen molar-refractivity contribution in [2.24, 2.45) is 0 Å². The summed E-state index contributed by atoms with van der Waals surface area (Å²) in [4.78, 5) is 2.23. The van der Waals surface area contributed by atoms with Crippen LogP contribution in [0.2, 0.25) is 0 Å². The predicted octanol–water partition coefficient (Wildman–Crippen LogP) is 1.59. The molecule has 2 rings (SSSR count). The zero-order valence-electron chi connectivity index (χ0n) is 9.68. The second kappa shape index (κ2) is 4.22. The molecular weight excluding hydrogens is 204 g/mol. The fraction of sp³-hybridized carbons (Fsp3) is 0.500. The van der Waals surface area contributed by atoms with E-state index >= 15 is 0 Å². The Labute approximate surface area is 95.6 Å². The maximum absolute atomic E-state index is 9.38. The molecule has 1 saturated heterocycles. The van der Waals surface area contributed by atoms with Gasteiger partial charge in [-0.25, -0.2) is 0 Å². The van der Waals surface area contributed by atoms with Crippen LogP contribution in [0.4, 0.5) is 11.4 Å². The molecule has 2 unspecified atom stereocenters. The first kappa shape index (κ1) is 11.1. The topological polar surface area (TPSA) is 58.7 Å². The first-order chi connectivity index (χ1) is 7.56. The molecule has 0 saturated carbocycles. The van der Waals surface area contributed by atoms with E-state index in [2.05, 4.69) is 18.7 Å². The Hall–Kier alpha value is -1.42. The van der Waals surface area contributed by atoms with E-state index in [9.17, 15) is 5.11 Å². The summed E-state index contributed by atoms with van der Waals surface area (Å²) < 4.78 is 5.67. The van der Waals surface area contributed by atoms with Gasteiger partial charge in [0.25, 0.3) is 0 Å². The third-order valence-electron chi connectivity index (χ3n) is 2.80. The number of nitrogen functional groups attached to an aromatic ring is 1. The largest absolute Gasteiger partial charge is 0.506 e. The van der Waals surface area contributed by atoms with Gasteiger partial charge in [0.1, 0.15) is 5.75 Å². The summed E-state index contributed by atoms with van der Waals surface area (Å²) in [5, 5.41) is 9.38. The van der Waals surface area contributed by atoms with E-state index in [4.69, 9.17) is 10.5 Å². The molecule has 2 atom stereocenters. The molecule has 0 radical (unpaired) electrons. The van der Waals surface area contributed by atoms with Gasteiger partial charge in [0.05, 0.1) is 17.9 Å². The molecule has 0 amide bonds. The van der Waals surface area contributed by atoms with E-state index in [0.717, 1.165) is 18.8 Å². The molecule has 1 aromatic carbocycles. The molecular formula is C12H18N2O2. The summed E-state index contributed by atoms with van der Waals surface area (Å²) in [5.74, 6) is 0.137. The molecule has 88 valence electrons. The SMILES string of the molecule is CC1CN(c2ccc(O)c(N)c2)CC(C)O1. The number of nitrogens with zero attached hydrogens (tertiary/aromatic N) is 1. The van der Waals surface area contributed by atoms with Crippen LogP contribution in [0.3, 0.4) is 0 Å². The Kier molecular flexibility index (Phi) is 2.92. The molecule has 1 aromatic rings. The Balaban J connectivity index is 2.19. The van der Waals surface area contributed by atoms with Crippen molar-refractivity contribution in [1.82, 2.24) is 0 Å². The van der Waals surface area contributed by atoms with Crippen LogP contribution in [-0.4, -0.2) is 30.4 Å². The van der Waals surface area contributed by atoms with Gasteiger partial charge in [-0.05, 0) is 32.0 Å². The van der Waals surface area contributed by atoms with Crippen molar-refractivity contribution in [1.29, 1.82) is 0 Å². The number of hydrogen-bond donors (Lipinski definition) is 2. The van der Waals surface area contributed by atoms with Crippen LogP contribution in [0, 0.1) is 0 Å². The number of phenols is 1. The average molecular weight is 222 g/mol.